The van der Waals surface area contributed by atoms with Crippen molar-refractivity contribution < 1.29 is 22.9 Å². The number of hydrogen-bond acceptors (Lipinski definition) is 4. The molecule has 1 aromatic rings. The first-order valence-electron chi connectivity index (χ1n) is 7.01. The standard InChI is InChI=1S/C15H20BrF2NO3S/c1-5-22-14(20)12(18)13(19-23(21)15(2,3)4)10-7-6-9(16)8-11(10)17/h6-8,12-13,19H,5H2,1-4H3/t12-,13+,23-/m1/s1. The highest BCUT2D eigenvalue weighted by atomic mass is 79.9. The molecule has 0 heterocycles. The van der Waals surface area contributed by atoms with Crippen LogP contribution in [0.15, 0.2) is 22.7 Å². The number of carbonyl (C=O) groups is 1. The van der Waals surface area contributed by atoms with E-state index in [0.29, 0.717) is 4.47 Å². The van der Waals surface area contributed by atoms with Gasteiger partial charge in [-0.15, -0.1) is 4.72 Å². The van der Waals surface area contributed by atoms with Gasteiger partial charge < -0.3 is 9.29 Å². The quantitative estimate of drug-likeness (QED) is 0.573. The maximum atomic E-state index is 14.5. The van der Waals surface area contributed by atoms with Gasteiger partial charge in [-0.05, 0) is 39.8 Å². The third kappa shape index (κ3) is 5.70. The number of alkyl halides is 1. The highest BCUT2D eigenvalue weighted by Crippen LogP contribution is 2.28. The van der Waals surface area contributed by atoms with Gasteiger partial charge in [-0.3, -0.25) is 0 Å². The summed E-state index contributed by atoms with van der Waals surface area (Å²) in [6.07, 6.45) is -2.18. The molecule has 0 radical (unpaired) electrons. The van der Waals surface area contributed by atoms with E-state index in [1.165, 1.54) is 12.1 Å². The minimum atomic E-state index is -2.18. The van der Waals surface area contributed by atoms with Crippen molar-refractivity contribution in [3.05, 3.63) is 34.1 Å². The molecular formula is C15H20BrF2NO3S. The van der Waals surface area contributed by atoms with Gasteiger partial charge in [0, 0.05) is 21.4 Å². The van der Waals surface area contributed by atoms with E-state index < -0.39 is 40.1 Å². The van der Waals surface area contributed by atoms with Crippen molar-refractivity contribution in [1.29, 1.82) is 0 Å². The summed E-state index contributed by atoms with van der Waals surface area (Å²) in [4.78, 5) is 11.7. The zero-order valence-electron chi connectivity index (χ0n) is 13.4. The third-order valence-corrected chi connectivity index (χ3v) is 4.97. The zero-order valence-corrected chi connectivity index (χ0v) is 15.8. The van der Waals surface area contributed by atoms with Crippen LogP contribution in [-0.2, 0) is 20.9 Å². The van der Waals surface area contributed by atoms with E-state index in [1.807, 2.05) is 0 Å². The zero-order chi connectivity index (χ0) is 17.8. The molecular weight excluding hydrogens is 392 g/mol. The molecule has 23 heavy (non-hydrogen) atoms. The monoisotopic (exact) mass is 411 g/mol. The van der Waals surface area contributed by atoms with E-state index in [1.54, 1.807) is 27.7 Å². The summed E-state index contributed by atoms with van der Waals surface area (Å²) in [5, 5.41) is 0. The lowest BCUT2D eigenvalue weighted by Crippen LogP contribution is -2.46. The van der Waals surface area contributed by atoms with E-state index in [4.69, 9.17) is 0 Å². The van der Waals surface area contributed by atoms with Crippen LogP contribution in [0.4, 0.5) is 8.78 Å². The molecule has 0 aliphatic rings. The average Bonchev–Trinajstić information content (AvgIpc) is 2.43. The van der Waals surface area contributed by atoms with Crippen molar-refractivity contribution in [2.24, 2.45) is 0 Å². The molecule has 130 valence electrons. The summed E-state index contributed by atoms with van der Waals surface area (Å²) in [5.41, 5.74) is -0.0913. The molecule has 0 aliphatic carbocycles. The van der Waals surface area contributed by atoms with Crippen molar-refractivity contribution in [3.8, 4) is 0 Å². The number of halogens is 3. The Morgan fingerprint density at radius 1 is 1.48 bits per heavy atom. The Morgan fingerprint density at radius 3 is 2.57 bits per heavy atom. The first kappa shape index (κ1) is 20.3. The summed E-state index contributed by atoms with van der Waals surface area (Å²) < 4.78 is 47.9. The maximum absolute atomic E-state index is 14.5. The van der Waals surface area contributed by atoms with Gasteiger partial charge in [0.05, 0.1) is 6.61 Å². The lowest BCUT2D eigenvalue weighted by atomic mass is 10.0. The molecule has 4 nitrogen and oxygen atoms in total. The molecule has 3 atom stereocenters. The Bertz CT molecular complexity index is 554. The molecule has 0 aromatic heterocycles. The molecule has 0 saturated heterocycles. The molecule has 1 N–H and O–H groups in total. The van der Waals surface area contributed by atoms with Gasteiger partial charge in [-0.2, -0.15) is 0 Å². The first-order chi connectivity index (χ1) is 10.6. The van der Waals surface area contributed by atoms with E-state index in [2.05, 4.69) is 25.4 Å². The van der Waals surface area contributed by atoms with E-state index in [-0.39, 0.29) is 12.2 Å². The Morgan fingerprint density at radius 2 is 2.09 bits per heavy atom. The van der Waals surface area contributed by atoms with E-state index >= 15 is 0 Å². The fraction of sp³-hybridized carbons (Fsp3) is 0.533. The smallest absolute Gasteiger partial charge is 0.342 e. The molecule has 0 bridgehead atoms. The SMILES string of the molecule is CCOC(=O)[C@H](F)[C@@H](N[S@+]([O-])C(C)(C)C)c1ccc(Br)cc1F. The Balaban J connectivity index is 3.17. The summed E-state index contributed by atoms with van der Waals surface area (Å²) in [7, 11) is 0. The van der Waals surface area contributed by atoms with E-state index in [9.17, 15) is 18.1 Å². The lowest BCUT2D eigenvalue weighted by Gasteiger charge is -2.29. The van der Waals surface area contributed by atoms with E-state index in [0.717, 1.165) is 6.07 Å². The van der Waals surface area contributed by atoms with Gasteiger partial charge in [0.1, 0.15) is 16.6 Å². The maximum Gasteiger partial charge on any atom is 0.342 e. The number of rotatable bonds is 6. The fourth-order valence-electron chi connectivity index (χ4n) is 1.68. The minimum absolute atomic E-state index is 0.00282. The van der Waals surface area contributed by atoms with Crippen LogP contribution >= 0.6 is 15.9 Å². The van der Waals surface area contributed by atoms with Gasteiger partial charge in [0.2, 0.25) is 6.17 Å². The number of hydrogen-bond donors (Lipinski definition) is 1. The Labute approximate surface area is 146 Å². The molecule has 8 heteroatoms. The molecule has 0 spiro atoms. The van der Waals surface area contributed by atoms with Gasteiger partial charge in [0.25, 0.3) is 0 Å². The van der Waals surface area contributed by atoms with Gasteiger partial charge in [0.15, 0.2) is 0 Å². The van der Waals surface area contributed by atoms with Crippen molar-refractivity contribution in [2.45, 2.75) is 44.7 Å². The predicted octanol–water partition coefficient (Wildman–Crippen LogP) is 3.58. The summed E-state index contributed by atoms with van der Waals surface area (Å²) in [6.45, 7) is 6.59. The van der Waals surface area contributed by atoms with Crippen molar-refractivity contribution >= 4 is 33.3 Å². The van der Waals surface area contributed by atoms with Crippen LogP contribution in [0.3, 0.4) is 0 Å². The van der Waals surface area contributed by atoms with Crippen molar-refractivity contribution in [3.63, 3.8) is 0 Å². The summed E-state index contributed by atoms with van der Waals surface area (Å²) in [5.74, 6) is -1.84. The number of carbonyl (C=O) groups excluding carboxylic acids is 1. The first-order valence-corrected chi connectivity index (χ1v) is 8.96. The second-order valence-electron chi connectivity index (χ2n) is 5.80. The predicted molar refractivity (Wildman–Crippen MR) is 89.4 cm³/mol. The highest BCUT2D eigenvalue weighted by molar-refractivity contribution is 9.10. The Hall–Kier alpha value is -0.700. The van der Waals surface area contributed by atoms with Crippen LogP contribution in [0, 0.1) is 5.82 Å². The van der Waals surface area contributed by atoms with Crippen LogP contribution < -0.4 is 4.72 Å². The van der Waals surface area contributed by atoms with Crippen LogP contribution in [0.25, 0.3) is 0 Å². The topological polar surface area (TPSA) is 61.4 Å². The van der Waals surface area contributed by atoms with Gasteiger partial charge in [-0.1, -0.05) is 22.0 Å². The molecule has 0 amide bonds. The second-order valence-corrected chi connectivity index (χ2v) is 8.71. The highest BCUT2D eigenvalue weighted by Gasteiger charge is 2.39. The Kier molecular flexibility index (Phi) is 7.44. The van der Waals surface area contributed by atoms with Crippen LogP contribution in [0.5, 0.6) is 0 Å². The van der Waals surface area contributed by atoms with Crippen molar-refractivity contribution in [2.75, 3.05) is 6.61 Å². The molecule has 0 unspecified atom stereocenters. The molecule has 1 aromatic carbocycles. The summed E-state index contributed by atoms with van der Waals surface area (Å²) in [6, 6.07) is 2.59. The number of ether oxygens (including phenoxy) is 1. The van der Waals surface area contributed by atoms with Gasteiger partial charge in [-0.25, -0.2) is 13.6 Å². The number of nitrogens with one attached hydrogen (secondary N) is 1. The lowest BCUT2D eigenvalue weighted by molar-refractivity contribution is -0.150. The molecule has 0 saturated carbocycles. The molecule has 1 rings (SSSR count). The fourth-order valence-corrected chi connectivity index (χ4v) is 2.85. The largest absolute Gasteiger partial charge is 0.598 e. The molecule has 0 fully saturated rings. The second kappa shape index (κ2) is 8.41. The number of esters is 1. The number of benzene rings is 1. The van der Waals surface area contributed by atoms with Crippen LogP contribution in [-0.4, -0.2) is 28.0 Å². The average molecular weight is 412 g/mol. The normalized spacial score (nSPS) is 15.8. The van der Waals surface area contributed by atoms with Crippen molar-refractivity contribution in [1.82, 2.24) is 4.72 Å². The van der Waals surface area contributed by atoms with Gasteiger partial charge >= 0.3 is 5.97 Å². The van der Waals surface area contributed by atoms with Crippen LogP contribution in [0.2, 0.25) is 0 Å². The molecule has 0 aliphatic heterocycles. The summed E-state index contributed by atoms with van der Waals surface area (Å²) >= 11 is 1.41. The van der Waals surface area contributed by atoms with Crippen LogP contribution in [0.1, 0.15) is 39.3 Å². The third-order valence-electron chi connectivity index (χ3n) is 2.89. The minimum Gasteiger partial charge on any atom is -0.598 e.